The summed E-state index contributed by atoms with van der Waals surface area (Å²) >= 11 is 3.22. The summed E-state index contributed by atoms with van der Waals surface area (Å²) < 4.78 is 27.3. The van der Waals surface area contributed by atoms with Crippen molar-refractivity contribution in [2.75, 3.05) is 26.7 Å². The van der Waals surface area contributed by atoms with Crippen LogP contribution in [0.15, 0.2) is 27.6 Å². The van der Waals surface area contributed by atoms with Gasteiger partial charge in [-0.2, -0.15) is 4.31 Å². The van der Waals surface area contributed by atoms with Crippen LogP contribution in [0.5, 0.6) is 0 Å². The van der Waals surface area contributed by atoms with Crippen molar-refractivity contribution >= 4 is 44.3 Å². The predicted molar refractivity (Wildman–Crippen MR) is 90.7 cm³/mol. The van der Waals surface area contributed by atoms with E-state index in [1.165, 1.54) is 22.5 Å². The molecule has 0 bridgehead atoms. The Morgan fingerprint density at radius 1 is 1.45 bits per heavy atom. The third kappa shape index (κ3) is 4.20. The Bertz CT molecular complexity index is 654. The zero-order valence-electron chi connectivity index (χ0n) is 12.1. The average molecular weight is 413 g/mol. The second kappa shape index (κ2) is 7.74. The molecule has 1 fully saturated rings. The van der Waals surface area contributed by atoms with Gasteiger partial charge in [-0.3, -0.25) is 4.79 Å². The first kappa shape index (κ1) is 19.4. The molecule has 3 N–H and O–H groups in total. The lowest BCUT2D eigenvalue weighted by Gasteiger charge is -2.17. The maximum Gasteiger partial charge on any atom is 0.248 e. The Labute approximate surface area is 145 Å². The summed E-state index contributed by atoms with van der Waals surface area (Å²) in [6, 6.07) is 4.33. The standard InChI is InChI=1S/C13H18BrN3O3S.ClH/c1-16-7-9-2-3-17(8-9)21(19,20)12-5-10(13(15)18)4-11(14)6-12;/h4-6,9,16H,2-3,7-8H2,1H3,(H2,15,18);1H. The number of nitrogens with zero attached hydrogens (tertiary/aromatic N) is 1. The number of primary amides is 1. The number of sulfonamides is 1. The number of nitrogens with one attached hydrogen (secondary N) is 1. The van der Waals surface area contributed by atoms with Gasteiger partial charge in [0.15, 0.2) is 0 Å². The fourth-order valence-corrected chi connectivity index (χ4v) is 4.72. The number of rotatable bonds is 5. The minimum absolute atomic E-state index is 0. The lowest BCUT2D eigenvalue weighted by Crippen LogP contribution is -2.30. The van der Waals surface area contributed by atoms with Crippen molar-refractivity contribution in [1.29, 1.82) is 0 Å². The van der Waals surface area contributed by atoms with Crippen LogP contribution in [0.1, 0.15) is 16.8 Å². The lowest BCUT2D eigenvalue weighted by atomic mass is 10.1. The summed E-state index contributed by atoms with van der Waals surface area (Å²) in [7, 11) is -1.75. The number of amides is 1. The van der Waals surface area contributed by atoms with Crippen molar-refractivity contribution in [1.82, 2.24) is 9.62 Å². The smallest absolute Gasteiger partial charge is 0.248 e. The number of carbonyl (C=O) groups is 1. The number of carbonyl (C=O) groups excluding carboxylic acids is 1. The number of benzene rings is 1. The third-order valence-corrected chi connectivity index (χ3v) is 5.84. The summed E-state index contributed by atoms with van der Waals surface area (Å²) in [4.78, 5) is 11.4. The molecule has 22 heavy (non-hydrogen) atoms. The van der Waals surface area contributed by atoms with Crippen LogP contribution in [0.2, 0.25) is 0 Å². The highest BCUT2D eigenvalue weighted by Gasteiger charge is 2.32. The molecular weight excluding hydrogens is 394 g/mol. The van der Waals surface area contributed by atoms with Gasteiger partial charge < -0.3 is 11.1 Å². The molecule has 2 rings (SSSR count). The van der Waals surface area contributed by atoms with Gasteiger partial charge in [0.1, 0.15) is 0 Å². The molecule has 1 amide bonds. The van der Waals surface area contributed by atoms with Crippen molar-refractivity contribution in [3.63, 3.8) is 0 Å². The Hall–Kier alpha value is -0.670. The molecule has 0 spiro atoms. The van der Waals surface area contributed by atoms with Gasteiger partial charge in [-0.25, -0.2) is 8.42 Å². The van der Waals surface area contributed by atoms with Gasteiger partial charge in [0.2, 0.25) is 15.9 Å². The molecule has 9 heteroatoms. The molecule has 0 saturated carbocycles. The van der Waals surface area contributed by atoms with Gasteiger partial charge in [0, 0.05) is 23.1 Å². The van der Waals surface area contributed by atoms with Crippen LogP contribution in [-0.4, -0.2) is 45.3 Å². The van der Waals surface area contributed by atoms with E-state index in [1.807, 2.05) is 7.05 Å². The van der Waals surface area contributed by atoms with E-state index in [9.17, 15) is 13.2 Å². The zero-order valence-corrected chi connectivity index (χ0v) is 15.3. The van der Waals surface area contributed by atoms with Crippen LogP contribution in [0.3, 0.4) is 0 Å². The van der Waals surface area contributed by atoms with E-state index < -0.39 is 15.9 Å². The van der Waals surface area contributed by atoms with Crippen LogP contribution < -0.4 is 11.1 Å². The van der Waals surface area contributed by atoms with E-state index in [0.717, 1.165) is 13.0 Å². The number of hydrogen-bond donors (Lipinski definition) is 2. The minimum atomic E-state index is -3.60. The molecular formula is C13H19BrClN3O3S. The largest absolute Gasteiger partial charge is 0.366 e. The summed E-state index contributed by atoms with van der Waals surface area (Å²) in [6.45, 7) is 1.77. The third-order valence-electron chi connectivity index (χ3n) is 3.53. The molecule has 0 aliphatic carbocycles. The van der Waals surface area contributed by atoms with Crippen molar-refractivity contribution in [3.8, 4) is 0 Å². The van der Waals surface area contributed by atoms with Crippen molar-refractivity contribution in [3.05, 3.63) is 28.2 Å². The molecule has 0 radical (unpaired) electrons. The van der Waals surface area contributed by atoms with Crippen molar-refractivity contribution in [2.45, 2.75) is 11.3 Å². The first-order valence-electron chi connectivity index (χ1n) is 6.59. The van der Waals surface area contributed by atoms with Crippen LogP contribution >= 0.6 is 28.3 Å². The van der Waals surface area contributed by atoms with Crippen molar-refractivity contribution < 1.29 is 13.2 Å². The van der Waals surface area contributed by atoms with Crippen LogP contribution in [-0.2, 0) is 10.0 Å². The molecule has 1 aromatic carbocycles. The average Bonchev–Trinajstić information content (AvgIpc) is 2.87. The number of nitrogens with two attached hydrogens (primary N) is 1. The fraction of sp³-hybridized carbons (Fsp3) is 0.462. The van der Waals surface area contributed by atoms with E-state index >= 15 is 0 Å². The highest BCUT2D eigenvalue weighted by molar-refractivity contribution is 9.10. The molecule has 1 aromatic rings. The Morgan fingerprint density at radius 3 is 2.73 bits per heavy atom. The Morgan fingerprint density at radius 2 is 2.14 bits per heavy atom. The molecule has 1 aliphatic heterocycles. The molecule has 1 atom stereocenters. The number of halogens is 2. The van der Waals surface area contributed by atoms with Crippen LogP contribution in [0.25, 0.3) is 0 Å². The second-order valence-electron chi connectivity index (χ2n) is 5.12. The van der Waals surface area contributed by atoms with Crippen molar-refractivity contribution in [2.24, 2.45) is 11.7 Å². The molecule has 1 heterocycles. The fourth-order valence-electron chi connectivity index (χ4n) is 2.47. The van der Waals surface area contributed by atoms with E-state index in [4.69, 9.17) is 5.73 Å². The summed E-state index contributed by atoms with van der Waals surface area (Å²) in [5.41, 5.74) is 5.41. The molecule has 1 aliphatic rings. The van der Waals surface area contributed by atoms with Crippen LogP contribution in [0.4, 0.5) is 0 Å². The number of hydrogen-bond acceptors (Lipinski definition) is 4. The van der Waals surface area contributed by atoms with Gasteiger partial charge in [0.25, 0.3) is 0 Å². The summed E-state index contributed by atoms with van der Waals surface area (Å²) in [6.07, 6.45) is 0.830. The SMILES string of the molecule is CNCC1CCN(S(=O)(=O)c2cc(Br)cc(C(N)=O)c2)C1.Cl. The van der Waals surface area contributed by atoms with E-state index in [0.29, 0.717) is 23.5 Å². The topological polar surface area (TPSA) is 92.5 Å². The van der Waals surface area contributed by atoms with Gasteiger partial charge in [0.05, 0.1) is 4.90 Å². The highest BCUT2D eigenvalue weighted by atomic mass is 79.9. The van der Waals surface area contributed by atoms with E-state index in [-0.39, 0.29) is 22.9 Å². The quantitative estimate of drug-likeness (QED) is 0.760. The minimum Gasteiger partial charge on any atom is -0.366 e. The Kier molecular flexibility index (Phi) is 6.82. The Balaban J connectivity index is 0.00000242. The van der Waals surface area contributed by atoms with E-state index in [2.05, 4.69) is 21.2 Å². The van der Waals surface area contributed by atoms with Gasteiger partial charge >= 0.3 is 0 Å². The second-order valence-corrected chi connectivity index (χ2v) is 7.97. The maximum absolute atomic E-state index is 12.6. The monoisotopic (exact) mass is 411 g/mol. The zero-order chi connectivity index (χ0) is 15.6. The normalized spacial score (nSPS) is 18.9. The van der Waals surface area contributed by atoms with Gasteiger partial charge in [-0.15, -0.1) is 12.4 Å². The molecule has 6 nitrogen and oxygen atoms in total. The van der Waals surface area contributed by atoms with Crippen LogP contribution in [0, 0.1) is 5.92 Å². The van der Waals surface area contributed by atoms with Gasteiger partial charge in [-0.1, -0.05) is 15.9 Å². The maximum atomic E-state index is 12.6. The first-order chi connectivity index (χ1) is 9.84. The molecule has 1 unspecified atom stereocenters. The molecule has 1 saturated heterocycles. The summed E-state index contributed by atoms with van der Waals surface area (Å²) in [5, 5.41) is 3.06. The highest BCUT2D eigenvalue weighted by Crippen LogP contribution is 2.26. The lowest BCUT2D eigenvalue weighted by molar-refractivity contribution is 0.1000. The van der Waals surface area contributed by atoms with E-state index in [1.54, 1.807) is 0 Å². The summed E-state index contributed by atoms with van der Waals surface area (Å²) in [5.74, 6) is -0.338. The predicted octanol–water partition coefficient (Wildman–Crippen LogP) is 1.20. The molecule has 124 valence electrons. The van der Waals surface area contributed by atoms with Gasteiger partial charge in [-0.05, 0) is 44.1 Å². The first-order valence-corrected chi connectivity index (χ1v) is 8.83. The molecule has 0 aromatic heterocycles.